The van der Waals surface area contributed by atoms with Gasteiger partial charge in [-0.1, -0.05) is 19.8 Å². The second kappa shape index (κ2) is 6.75. The largest absolute Gasteiger partial charge is 0.489 e. The Labute approximate surface area is 127 Å². The van der Waals surface area contributed by atoms with E-state index >= 15 is 0 Å². The lowest BCUT2D eigenvalue weighted by molar-refractivity contribution is -0.0509. The molecule has 1 saturated heterocycles. The molecule has 2 fully saturated rings. The van der Waals surface area contributed by atoms with E-state index in [0.717, 1.165) is 31.0 Å². The Morgan fingerprint density at radius 2 is 2.19 bits per heavy atom. The van der Waals surface area contributed by atoms with Gasteiger partial charge in [0.05, 0.1) is 23.6 Å². The SMILES string of the molecule is CCNCc1ccc(OCC2CCC3(CCCC3)O2)cn1. The normalized spacial score (nSPS) is 23.8. The van der Waals surface area contributed by atoms with Gasteiger partial charge in [0.15, 0.2) is 0 Å². The zero-order valence-corrected chi connectivity index (χ0v) is 12.9. The molecule has 0 radical (unpaired) electrons. The molecule has 1 aromatic rings. The first-order chi connectivity index (χ1) is 10.3. The van der Waals surface area contributed by atoms with Crippen LogP contribution in [0.2, 0.25) is 0 Å². The number of nitrogens with one attached hydrogen (secondary N) is 1. The van der Waals surface area contributed by atoms with Crippen molar-refractivity contribution in [3.05, 3.63) is 24.0 Å². The maximum absolute atomic E-state index is 6.25. The zero-order valence-electron chi connectivity index (χ0n) is 12.9. The van der Waals surface area contributed by atoms with Crippen LogP contribution in [0.5, 0.6) is 5.75 Å². The van der Waals surface area contributed by atoms with Crippen molar-refractivity contribution in [2.24, 2.45) is 0 Å². The van der Waals surface area contributed by atoms with Gasteiger partial charge in [-0.05, 0) is 44.4 Å². The van der Waals surface area contributed by atoms with Crippen molar-refractivity contribution in [2.75, 3.05) is 13.2 Å². The number of rotatable bonds is 6. The van der Waals surface area contributed by atoms with Crippen LogP contribution in [-0.4, -0.2) is 29.8 Å². The highest BCUT2D eigenvalue weighted by molar-refractivity contribution is 5.19. The van der Waals surface area contributed by atoms with Crippen LogP contribution < -0.4 is 10.1 Å². The Balaban J connectivity index is 1.45. The number of pyridine rings is 1. The predicted molar refractivity (Wildman–Crippen MR) is 82.4 cm³/mol. The molecule has 1 saturated carbocycles. The molecular weight excluding hydrogens is 264 g/mol. The van der Waals surface area contributed by atoms with E-state index < -0.39 is 0 Å². The molecule has 2 heterocycles. The number of aromatic nitrogens is 1. The highest BCUT2D eigenvalue weighted by Crippen LogP contribution is 2.43. The fourth-order valence-electron chi connectivity index (χ4n) is 3.44. The molecule has 4 nitrogen and oxygen atoms in total. The Bertz CT molecular complexity index is 441. The van der Waals surface area contributed by atoms with Crippen LogP contribution in [-0.2, 0) is 11.3 Å². The third-order valence-corrected chi connectivity index (χ3v) is 4.64. The number of hydrogen-bond donors (Lipinski definition) is 1. The van der Waals surface area contributed by atoms with Crippen molar-refractivity contribution < 1.29 is 9.47 Å². The van der Waals surface area contributed by atoms with Crippen LogP contribution in [0.1, 0.15) is 51.1 Å². The molecule has 0 bridgehead atoms. The Kier molecular flexibility index (Phi) is 4.76. The molecule has 1 spiro atoms. The third-order valence-electron chi connectivity index (χ3n) is 4.64. The maximum atomic E-state index is 6.25. The molecule has 1 N–H and O–H groups in total. The molecule has 1 atom stereocenters. The lowest BCUT2D eigenvalue weighted by Gasteiger charge is -2.23. The summed E-state index contributed by atoms with van der Waals surface area (Å²) in [6, 6.07) is 4.02. The summed E-state index contributed by atoms with van der Waals surface area (Å²) in [5.41, 5.74) is 1.24. The highest BCUT2D eigenvalue weighted by Gasteiger charge is 2.42. The summed E-state index contributed by atoms with van der Waals surface area (Å²) >= 11 is 0. The second-order valence-corrected chi connectivity index (χ2v) is 6.25. The summed E-state index contributed by atoms with van der Waals surface area (Å²) in [6.45, 7) is 4.51. The quantitative estimate of drug-likeness (QED) is 0.874. The summed E-state index contributed by atoms with van der Waals surface area (Å²) in [5.74, 6) is 0.839. The van der Waals surface area contributed by atoms with E-state index in [0.29, 0.717) is 6.61 Å². The molecule has 1 aliphatic heterocycles. The van der Waals surface area contributed by atoms with E-state index in [9.17, 15) is 0 Å². The summed E-state index contributed by atoms with van der Waals surface area (Å²) in [7, 11) is 0. The molecule has 2 aliphatic rings. The maximum Gasteiger partial charge on any atom is 0.137 e. The molecule has 4 heteroatoms. The molecular formula is C17H26N2O2. The van der Waals surface area contributed by atoms with Crippen LogP contribution in [0, 0.1) is 0 Å². The lowest BCUT2D eigenvalue weighted by Crippen LogP contribution is -2.27. The van der Waals surface area contributed by atoms with Gasteiger partial charge < -0.3 is 14.8 Å². The average molecular weight is 290 g/mol. The molecule has 1 aromatic heterocycles. The summed E-state index contributed by atoms with van der Waals surface area (Å²) < 4.78 is 12.1. The summed E-state index contributed by atoms with van der Waals surface area (Å²) in [6.07, 6.45) is 9.54. The van der Waals surface area contributed by atoms with E-state index in [1.54, 1.807) is 0 Å². The molecule has 116 valence electrons. The van der Waals surface area contributed by atoms with Gasteiger partial charge in [-0.25, -0.2) is 0 Å². The molecule has 1 unspecified atom stereocenters. The molecule has 0 amide bonds. The molecule has 3 rings (SSSR count). The van der Waals surface area contributed by atoms with Crippen LogP contribution in [0.15, 0.2) is 18.3 Å². The Morgan fingerprint density at radius 1 is 1.33 bits per heavy atom. The van der Waals surface area contributed by atoms with Crippen molar-refractivity contribution in [1.29, 1.82) is 0 Å². The van der Waals surface area contributed by atoms with E-state index in [1.165, 1.54) is 32.1 Å². The Morgan fingerprint density at radius 3 is 2.90 bits per heavy atom. The minimum absolute atomic E-state index is 0.196. The van der Waals surface area contributed by atoms with Crippen molar-refractivity contribution >= 4 is 0 Å². The van der Waals surface area contributed by atoms with Crippen molar-refractivity contribution in [1.82, 2.24) is 10.3 Å². The lowest BCUT2D eigenvalue weighted by atomic mass is 9.98. The van der Waals surface area contributed by atoms with Crippen molar-refractivity contribution in [3.63, 3.8) is 0 Å². The van der Waals surface area contributed by atoms with E-state index in [-0.39, 0.29) is 11.7 Å². The fraction of sp³-hybridized carbons (Fsp3) is 0.706. The zero-order chi connectivity index (χ0) is 14.5. The minimum Gasteiger partial charge on any atom is -0.489 e. The van der Waals surface area contributed by atoms with Gasteiger partial charge in [0.1, 0.15) is 12.4 Å². The van der Waals surface area contributed by atoms with Crippen LogP contribution >= 0.6 is 0 Å². The number of hydrogen-bond acceptors (Lipinski definition) is 4. The van der Waals surface area contributed by atoms with Gasteiger partial charge in [0.25, 0.3) is 0 Å². The van der Waals surface area contributed by atoms with E-state index in [1.807, 2.05) is 18.3 Å². The van der Waals surface area contributed by atoms with Crippen LogP contribution in [0.4, 0.5) is 0 Å². The van der Waals surface area contributed by atoms with Crippen molar-refractivity contribution in [3.8, 4) is 5.75 Å². The first-order valence-corrected chi connectivity index (χ1v) is 8.26. The summed E-state index contributed by atoms with van der Waals surface area (Å²) in [4.78, 5) is 4.40. The Hall–Kier alpha value is -1.13. The molecule has 0 aromatic carbocycles. The first-order valence-electron chi connectivity index (χ1n) is 8.26. The second-order valence-electron chi connectivity index (χ2n) is 6.25. The van der Waals surface area contributed by atoms with Gasteiger partial charge >= 0.3 is 0 Å². The highest BCUT2D eigenvalue weighted by atomic mass is 16.6. The third kappa shape index (κ3) is 3.74. The first kappa shape index (κ1) is 14.8. The van der Waals surface area contributed by atoms with Gasteiger partial charge in [-0.2, -0.15) is 0 Å². The van der Waals surface area contributed by atoms with Gasteiger partial charge in [-0.15, -0.1) is 0 Å². The van der Waals surface area contributed by atoms with Gasteiger partial charge in [0, 0.05) is 6.54 Å². The minimum atomic E-state index is 0.196. The molecule has 1 aliphatic carbocycles. The molecule has 21 heavy (non-hydrogen) atoms. The average Bonchev–Trinajstić information content (AvgIpc) is 3.14. The van der Waals surface area contributed by atoms with Crippen LogP contribution in [0.25, 0.3) is 0 Å². The topological polar surface area (TPSA) is 43.4 Å². The smallest absolute Gasteiger partial charge is 0.137 e. The van der Waals surface area contributed by atoms with Gasteiger partial charge in [-0.3, -0.25) is 4.98 Å². The monoisotopic (exact) mass is 290 g/mol. The van der Waals surface area contributed by atoms with Gasteiger partial charge in [0.2, 0.25) is 0 Å². The van der Waals surface area contributed by atoms with E-state index in [2.05, 4.69) is 17.2 Å². The summed E-state index contributed by atoms with van der Waals surface area (Å²) in [5, 5.41) is 3.27. The predicted octanol–water partition coefficient (Wildman–Crippen LogP) is 3.06. The standard InChI is InChI=1S/C17H26N2O2/c1-2-18-11-14-5-6-15(12-19-14)20-13-16-7-10-17(21-16)8-3-4-9-17/h5-6,12,16,18H,2-4,7-11,13H2,1H3. The fourth-order valence-corrected chi connectivity index (χ4v) is 3.44. The number of nitrogens with zero attached hydrogens (tertiary/aromatic N) is 1. The van der Waals surface area contributed by atoms with Crippen LogP contribution in [0.3, 0.4) is 0 Å². The van der Waals surface area contributed by atoms with E-state index in [4.69, 9.17) is 9.47 Å². The number of ether oxygens (including phenoxy) is 2. The van der Waals surface area contributed by atoms with Crippen molar-refractivity contribution in [2.45, 2.75) is 63.7 Å².